The number of hydrogen-bond acceptors (Lipinski definition) is 6. The van der Waals surface area contributed by atoms with Gasteiger partial charge in [-0.15, -0.1) is 10.2 Å². The molecule has 3 aromatic rings. The first-order valence-electron chi connectivity index (χ1n) is 7.47. The predicted octanol–water partition coefficient (Wildman–Crippen LogP) is 4.15. The minimum atomic E-state index is -1.17. The Hall–Kier alpha value is -2.86. The number of hydrogen-bond donors (Lipinski definition) is 0. The molecule has 0 saturated heterocycles. The number of rotatable bonds is 5. The lowest BCUT2D eigenvalue weighted by molar-refractivity contribution is -0.149. The van der Waals surface area contributed by atoms with Crippen molar-refractivity contribution in [3.05, 3.63) is 59.9 Å². The van der Waals surface area contributed by atoms with E-state index in [9.17, 15) is 4.79 Å². The van der Waals surface area contributed by atoms with Gasteiger partial charge in [-0.25, -0.2) is 4.79 Å². The van der Waals surface area contributed by atoms with Gasteiger partial charge in [0.25, 0.3) is 0 Å². The van der Waals surface area contributed by atoms with Gasteiger partial charge < -0.3 is 13.9 Å². The Bertz CT molecular complexity index is 844. The highest BCUT2D eigenvalue weighted by molar-refractivity contribution is 6.30. The van der Waals surface area contributed by atoms with Crippen LogP contribution in [0.25, 0.3) is 11.5 Å². The molecule has 0 bridgehead atoms. The number of esters is 1. The summed E-state index contributed by atoms with van der Waals surface area (Å²) in [6.07, 6.45) is 1.25. The van der Waals surface area contributed by atoms with Crippen LogP contribution in [-0.2, 0) is 4.79 Å². The molecule has 0 aliphatic rings. The Morgan fingerprint density at radius 2 is 1.68 bits per heavy atom. The van der Waals surface area contributed by atoms with Gasteiger partial charge in [0.15, 0.2) is 0 Å². The van der Waals surface area contributed by atoms with Gasteiger partial charge >= 0.3 is 5.97 Å². The molecule has 25 heavy (non-hydrogen) atoms. The number of nitrogens with zero attached hydrogens (tertiary/aromatic N) is 2. The zero-order valence-corrected chi connectivity index (χ0v) is 14.4. The Labute approximate surface area is 149 Å². The molecule has 6 nitrogen and oxygen atoms in total. The van der Waals surface area contributed by atoms with E-state index in [1.165, 1.54) is 6.39 Å². The van der Waals surface area contributed by atoms with Gasteiger partial charge in [0.05, 0.1) is 0 Å². The summed E-state index contributed by atoms with van der Waals surface area (Å²) in [4.78, 5) is 12.4. The van der Waals surface area contributed by atoms with Gasteiger partial charge in [-0.2, -0.15) is 0 Å². The fourth-order valence-electron chi connectivity index (χ4n) is 2.03. The van der Waals surface area contributed by atoms with Crippen molar-refractivity contribution < 1.29 is 18.7 Å². The van der Waals surface area contributed by atoms with Gasteiger partial charge in [-0.3, -0.25) is 0 Å². The maximum absolute atomic E-state index is 12.4. The second-order valence-electron chi connectivity index (χ2n) is 5.72. The molecule has 7 heteroatoms. The molecule has 0 spiro atoms. The number of halogens is 1. The Morgan fingerprint density at radius 1 is 1.04 bits per heavy atom. The van der Waals surface area contributed by atoms with Gasteiger partial charge in [0, 0.05) is 10.6 Å². The maximum Gasteiger partial charge on any atom is 0.355 e. The summed E-state index contributed by atoms with van der Waals surface area (Å²) < 4.78 is 16.2. The van der Waals surface area contributed by atoms with Crippen LogP contribution in [0.4, 0.5) is 0 Å². The summed E-state index contributed by atoms with van der Waals surface area (Å²) in [6.45, 7) is 3.27. The topological polar surface area (TPSA) is 74.5 Å². The minimum absolute atomic E-state index is 0.390. The van der Waals surface area contributed by atoms with Crippen LogP contribution in [0.3, 0.4) is 0 Å². The normalized spacial score (nSPS) is 11.2. The van der Waals surface area contributed by atoms with E-state index in [0.29, 0.717) is 22.4 Å². The summed E-state index contributed by atoms with van der Waals surface area (Å²) in [5.74, 6) is 0.788. The molecule has 3 rings (SSSR count). The first-order chi connectivity index (χ1) is 11.9. The predicted molar refractivity (Wildman–Crippen MR) is 91.5 cm³/mol. The average molecular weight is 359 g/mol. The smallest absolute Gasteiger partial charge is 0.355 e. The van der Waals surface area contributed by atoms with Gasteiger partial charge in [-0.05, 0) is 62.4 Å². The van der Waals surface area contributed by atoms with E-state index in [1.807, 2.05) is 0 Å². The van der Waals surface area contributed by atoms with Crippen molar-refractivity contribution in [2.24, 2.45) is 0 Å². The van der Waals surface area contributed by atoms with Crippen molar-refractivity contribution in [2.75, 3.05) is 0 Å². The lowest BCUT2D eigenvalue weighted by Gasteiger charge is -2.24. The molecule has 0 amide bonds. The lowest BCUT2D eigenvalue weighted by atomic mass is 10.1. The first-order valence-corrected chi connectivity index (χ1v) is 7.85. The molecule has 0 fully saturated rings. The second kappa shape index (κ2) is 6.94. The van der Waals surface area contributed by atoms with Crippen molar-refractivity contribution in [1.82, 2.24) is 10.2 Å². The monoisotopic (exact) mass is 358 g/mol. The van der Waals surface area contributed by atoms with Crippen LogP contribution >= 0.6 is 11.6 Å². The average Bonchev–Trinajstić information content (AvgIpc) is 3.12. The number of carbonyl (C=O) groups is 1. The van der Waals surface area contributed by atoms with Crippen molar-refractivity contribution in [3.63, 3.8) is 0 Å². The first kappa shape index (κ1) is 17.0. The largest absolute Gasteiger partial charge is 0.476 e. The van der Waals surface area contributed by atoms with Crippen molar-refractivity contribution in [3.8, 4) is 23.0 Å². The summed E-state index contributed by atoms with van der Waals surface area (Å²) in [5, 5.41) is 8.03. The molecule has 0 saturated carbocycles. The van der Waals surface area contributed by atoms with Crippen molar-refractivity contribution in [1.29, 1.82) is 0 Å². The molecular weight excluding hydrogens is 344 g/mol. The number of carbonyl (C=O) groups excluding carboxylic acids is 1. The van der Waals surface area contributed by atoms with E-state index in [0.717, 1.165) is 5.56 Å². The van der Waals surface area contributed by atoms with Crippen molar-refractivity contribution >= 4 is 17.6 Å². The van der Waals surface area contributed by atoms with E-state index in [4.69, 9.17) is 25.5 Å². The van der Waals surface area contributed by atoms with E-state index in [1.54, 1.807) is 62.4 Å². The van der Waals surface area contributed by atoms with Gasteiger partial charge in [0.1, 0.15) is 11.5 Å². The zero-order chi connectivity index (χ0) is 17.9. The molecule has 0 atom stereocenters. The SMILES string of the molecule is CC(C)(Oc1ccc(Cl)cc1)C(=O)Oc1ccc(-c2nnco2)cc1. The van der Waals surface area contributed by atoms with Gasteiger partial charge in [0.2, 0.25) is 17.9 Å². The Kier molecular flexibility index (Phi) is 4.72. The third-order valence-electron chi connectivity index (χ3n) is 3.35. The zero-order valence-electron chi connectivity index (χ0n) is 13.6. The third kappa shape index (κ3) is 4.16. The van der Waals surface area contributed by atoms with Crippen LogP contribution in [0.15, 0.2) is 59.3 Å². The lowest BCUT2D eigenvalue weighted by Crippen LogP contribution is -2.41. The van der Waals surface area contributed by atoms with Crippen LogP contribution < -0.4 is 9.47 Å². The second-order valence-corrected chi connectivity index (χ2v) is 6.16. The number of aromatic nitrogens is 2. The van der Waals surface area contributed by atoms with E-state index < -0.39 is 11.6 Å². The quantitative estimate of drug-likeness (QED) is 0.503. The standard InChI is InChI=1S/C18H15ClN2O4/c1-18(2,25-15-9-5-13(19)6-10-15)17(22)24-14-7-3-12(4-8-14)16-21-20-11-23-16/h3-11H,1-2H3. The molecule has 0 N–H and O–H groups in total. The van der Waals surface area contributed by atoms with E-state index in [2.05, 4.69) is 10.2 Å². The molecule has 0 radical (unpaired) electrons. The molecule has 0 aliphatic heterocycles. The minimum Gasteiger partial charge on any atom is -0.476 e. The van der Waals surface area contributed by atoms with Crippen LogP contribution in [0, 0.1) is 0 Å². The highest BCUT2D eigenvalue weighted by atomic mass is 35.5. The summed E-state index contributed by atoms with van der Waals surface area (Å²) >= 11 is 5.84. The summed E-state index contributed by atoms with van der Waals surface area (Å²) in [5.41, 5.74) is -0.437. The fraction of sp³-hybridized carbons (Fsp3) is 0.167. The van der Waals surface area contributed by atoms with Crippen LogP contribution in [0.5, 0.6) is 11.5 Å². The van der Waals surface area contributed by atoms with Gasteiger partial charge in [-0.1, -0.05) is 11.6 Å². The van der Waals surface area contributed by atoms with Crippen LogP contribution in [0.1, 0.15) is 13.8 Å². The molecule has 0 unspecified atom stereocenters. The van der Waals surface area contributed by atoms with E-state index in [-0.39, 0.29) is 0 Å². The number of ether oxygens (including phenoxy) is 2. The fourth-order valence-corrected chi connectivity index (χ4v) is 2.16. The summed E-state index contributed by atoms with van der Waals surface area (Å²) in [7, 11) is 0. The molecule has 1 heterocycles. The third-order valence-corrected chi connectivity index (χ3v) is 3.60. The summed E-state index contributed by atoms with van der Waals surface area (Å²) in [6, 6.07) is 13.5. The van der Waals surface area contributed by atoms with E-state index >= 15 is 0 Å². The Morgan fingerprint density at radius 3 is 2.28 bits per heavy atom. The maximum atomic E-state index is 12.4. The van der Waals surface area contributed by atoms with Crippen molar-refractivity contribution in [2.45, 2.75) is 19.4 Å². The molecular formula is C18H15ClN2O4. The van der Waals surface area contributed by atoms with Crippen LogP contribution in [0.2, 0.25) is 5.02 Å². The van der Waals surface area contributed by atoms with Crippen LogP contribution in [-0.4, -0.2) is 21.8 Å². The highest BCUT2D eigenvalue weighted by Crippen LogP contribution is 2.24. The molecule has 1 aromatic heterocycles. The highest BCUT2D eigenvalue weighted by Gasteiger charge is 2.32. The molecule has 0 aliphatic carbocycles. The Balaban J connectivity index is 1.67. The number of benzene rings is 2. The molecule has 128 valence electrons. The molecule has 2 aromatic carbocycles.